The van der Waals surface area contributed by atoms with Crippen molar-refractivity contribution in [2.75, 3.05) is 25.1 Å². The number of nitrogens with zero attached hydrogens (tertiary/aromatic N) is 4. The maximum Gasteiger partial charge on any atom is 0.260 e. The average molecular weight is 539 g/mol. The minimum Gasteiger partial charge on any atom is -0.494 e. The Morgan fingerprint density at radius 2 is 1.84 bits per heavy atom. The number of carbonyl (C=O) groups excluding carboxylic acids is 1. The number of ether oxygens (including phenoxy) is 1. The molecule has 2 aromatic heterocycles. The summed E-state index contributed by atoms with van der Waals surface area (Å²) >= 11 is 1.39. The van der Waals surface area contributed by atoms with Gasteiger partial charge < -0.3 is 4.74 Å². The van der Waals surface area contributed by atoms with Gasteiger partial charge in [-0.05, 0) is 67.9 Å². The molecule has 0 bridgehead atoms. The Balaban J connectivity index is 1.66. The molecule has 0 unspecified atom stereocenters. The van der Waals surface area contributed by atoms with Crippen LogP contribution < -0.4 is 9.64 Å². The molecule has 37 heavy (non-hydrogen) atoms. The van der Waals surface area contributed by atoms with Crippen molar-refractivity contribution in [1.29, 1.82) is 0 Å². The van der Waals surface area contributed by atoms with E-state index in [4.69, 9.17) is 9.72 Å². The summed E-state index contributed by atoms with van der Waals surface area (Å²) in [6.07, 6.45) is 3.36. The van der Waals surface area contributed by atoms with Crippen LogP contribution >= 0.6 is 11.3 Å². The Hall–Kier alpha value is -3.34. The summed E-state index contributed by atoms with van der Waals surface area (Å²) < 4.78 is 33.6. The van der Waals surface area contributed by atoms with Gasteiger partial charge in [-0.25, -0.2) is 17.7 Å². The molecule has 0 aliphatic rings. The van der Waals surface area contributed by atoms with Crippen LogP contribution in [0.15, 0.2) is 71.8 Å². The first-order valence-corrected chi connectivity index (χ1v) is 14.4. The van der Waals surface area contributed by atoms with E-state index in [9.17, 15) is 13.2 Å². The van der Waals surface area contributed by atoms with Crippen LogP contribution in [0.5, 0.6) is 5.75 Å². The lowest BCUT2D eigenvalue weighted by Crippen LogP contribution is -2.31. The highest BCUT2D eigenvalue weighted by atomic mass is 32.2. The molecule has 0 radical (unpaired) electrons. The number of sulfonamides is 1. The maximum atomic E-state index is 13.7. The van der Waals surface area contributed by atoms with Crippen molar-refractivity contribution in [1.82, 2.24) is 14.3 Å². The summed E-state index contributed by atoms with van der Waals surface area (Å²) in [5.41, 5.74) is 1.83. The zero-order valence-corrected chi connectivity index (χ0v) is 22.8. The first-order valence-electron chi connectivity index (χ1n) is 12.1. The fourth-order valence-electron chi connectivity index (χ4n) is 3.75. The largest absolute Gasteiger partial charge is 0.494 e. The van der Waals surface area contributed by atoms with Gasteiger partial charge in [-0.1, -0.05) is 30.7 Å². The standard InChI is InChI=1S/C27H30N4O4S2/c1-4-6-17-30(3)37(33,34)23-13-10-20(11-14-23)26(32)31(19-21-9-7-8-16-28-21)27-29-24-15-12-22(35-5-2)18-25(24)36-27/h7-16,18H,4-6,17,19H2,1-3H3. The number of hydrogen-bond acceptors (Lipinski definition) is 7. The zero-order chi connectivity index (χ0) is 26.4. The van der Waals surface area contributed by atoms with E-state index in [1.807, 2.05) is 50.2 Å². The van der Waals surface area contributed by atoms with Crippen molar-refractivity contribution in [2.45, 2.75) is 38.1 Å². The van der Waals surface area contributed by atoms with Crippen LogP contribution in [0.4, 0.5) is 5.13 Å². The average Bonchev–Trinajstić information content (AvgIpc) is 3.34. The number of anilines is 1. The molecule has 2 aromatic carbocycles. The summed E-state index contributed by atoms with van der Waals surface area (Å²) in [6.45, 7) is 5.16. The van der Waals surface area contributed by atoms with Crippen molar-refractivity contribution >= 4 is 42.6 Å². The molecule has 0 spiro atoms. The zero-order valence-electron chi connectivity index (χ0n) is 21.1. The van der Waals surface area contributed by atoms with Crippen molar-refractivity contribution in [2.24, 2.45) is 0 Å². The summed E-state index contributed by atoms with van der Waals surface area (Å²) in [7, 11) is -2.05. The second-order valence-electron chi connectivity index (χ2n) is 8.48. The molecule has 1 amide bonds. The molecule has 0 saturated heterocycles. The fourth-order valence-corrected chi connectivity index (χ4v) is 5.95. The van der Waals surface area contributed by atoms with E-state index in [0.717, 1.165) is 28.8 Å². The highest BCUT2D eigenvalue weighted by Crippen LogP contribution is 2.33. The molecule has 0 aliphatic carbocycles. The Morgan fingerprint density at radius 1 is 1.05 bits per heavy atom. The van der Waals surface area contributed by atoms with E-state index in [1.54, 1.807) is 30.3 Å². The summed E-state index contributed by atoms with van der Waals surface area (Å²) in [5, 5.41) is 0.523. The SMILES string of the molecule is CCCCN(C)S(=O)(=O)c1ccc(C(=O)N(Cc2ccccn2)c2nc3ccc(OCC)cc3s2)cc1. The van der Waals surface area contributed by atoms with Crippen LogP contribution in [0.1, 0.15) is 42.7 Å². The molecular formula is C27H30N4O4S2. The molecule has 194 valence electrons. The molecule has 0 atom stereocenters. The number of thiazole rings is 1. The van der Waals surface area contributed by atoms with E-state index in [1.165, 1.54) is 27.8 Å². The third-order valence-electron chi connectivity index (χ3n) is 5.82. The van der Waals surface area contributed by atoms with Crippen LogP contribution in [0, 0.1) is 0 Å². The third kappa shape index (κ3) is 6.15. The molecule has 0 fully saturated rings. The molecule has 0 aliphatic heterocycles. The number of amides is 1. The minimum atomic E-state index is -3.62. The lowest BCUT2D eigenvalue weighted by molar-refractivity contribution is 0.0984. The van der Waals surface area contributed by atoms with Crippen LogP contribution in [0.2, 0.25) is 0 Å². The van der Waals surface area contributed by atoms with Crippen LogP contribution in [0.3, 0.4) is 0 Å². The molecule has 0 saturated carbocycles. The van der Waals surface area contributed by atoms with E-state index >= 15 is 0 Å². The van der Waals surface area contributed by atoms with Crippen molar-refractivity contribution in [3.63, 3.8) is 0 Å². The Kier molecular flexibility index (Phi) is 8.52. The topological polar surface area (TPSA) is 92.7 Å². The molecule has 10 heteroatoms. The Bertz CT molecular complexity index is 1460. The van der Waals surface area contributed by atoms with Gasteiger partial charge in [0.25, 0.3) is 5.91 Å². The number of rotatable bonds is 11. The molecule has 2 heterocycles. The van der Waals surface area contributed by atoms with Crippen molar-refractivity contribution < 1.29 is 17.9 Å². The van der Waals surface area contributed by atoms with Gasteiger partial charge in [0.1, 0.15) is 5.75 Å². The lowest BCUT2D eigenvalue weighted by Gasteiger charge is -2.20. The molecule has 0 N–H and O–H groups in total. The third-order valence-corrected chi connectivity index (χ3v) is 8.73. The highest BCUT2D eigenvalue weighted by molar-refractivity contribution is 7.89. The second kappa shape index (κ2) is 11.8. The number of hydrogen-bond donors (Lipinski definition) is 0. The first kappa shape index (κ1) is 26.7. The van der Waals surface area contributed by atoms with E-state index < -0.39 is 10.0 Å². The Morgan fingerprint density at radius 3 is 2.51 bits per heavy atom. The summed E-state index contributed by atoms with van der Waals surface area (Å²) in [4.78, 5) is 24.5. The van der Waals surface area contributed by atoms with Gasteiger partial charge in [0.15, 0.2) is 5.13 Å². The number of aromatic nitrogens is 2. The number of carbonyl (C=O) groups is 1. The van der Waals surface area contributed by atoms with Gasteiger partial charge in [0.2, 0.25) is 10.0 Å². The predicted molar refractivity (Wildman–Crippen MR) is 147 cm³/mol. The van der Waals surface area contributed by atoms with E-state index in [2.05, 4.69) is 4.98 Å². The molecule has 8 nitrogen and oxygen atoms in total. The van der Waals surface area contributed by atoms with Gasteiger partial charge in [-0.2, -0.15) is 0 Å². The normalized spacial score (nSPS) is 11.7. The summed E-state index contributed by atoms with van der Waals surface area (Å²) in [5.74, 6) is 0.450. The molecule has 4 aromatic rings. The minimum absolute atomic E-state index is 0.155. The van der Waals surface area contributed by atoms with Crippen LogP contribution in [0.25, 0.3) is 10.2 Å². The Labute approximate surface area is 221 Å². The number of pyridine rings is 1. The summed E-state index contributed by atoms with van der Waals surface area (Å²) in [6, 6.07) is 17.2. The number of fused-ring (bicyclic) bond motifs is 1. The predicted octanol–water partition coefficient (Wildman–Crippen LogP) is 5.36. The van der Waals surface area contributed by atoms with E-state index in [-0.39, 0.29) is 17.3 Å². The van der Waals surface area contributed by atoms with Crippen molar-refractivity contribution in [3.8, 4) is 5.75 Å². The molecular weight excluding hydrogens is 508 g/mol. The number of benzene rings is 2. The van der Waals surface area contributed by atoms with Gasteiger partial charge in [0, 0.05) is 25.4 Å². The monoisotopic (exact) mass is 538 g/mol. The van der Waals surface area contributed by atoms with Crippen LogP contribution in [-0.2, 0) is 16.6 Å². The van der Waals surface area contributed by atoms with Gasteiger partial charge in [-0.3, -0.25) is 14.7 Å². The van der Waals surface area contributed by atoms with E-state index in [0.29, 0.717) is 29.5 Å². The first-order chi connectivity index (χ1) is 17.8. The smallest absolute Gasteiger partial charge is 0.260 e. The highest BCUT2D eigenvalue weighted by Gasteiger charge is 2.24. The van der Waals surface area contributed by atoms with Gasteiger partial charge >= 0.3 is 0 Å². The quantitative estimate of drug-likeness (QED) is 0.255. The second-order valence-corrected chi connectivity index (χ2v) is 11.5. The van der Waals surface area contributed by atoms with Crippen LogP contribution in [-0.4, -0.2) is 48.8 Å². The maximum absolute atomic E-state index is 13.7. The number of unbranched alkanes of at least 4 members (excludes halogenated alkanes) is 1. The molecule has 4 rings (SSSR count). The fraction of sp³-hybridized carbons (Fsp3) is 0.296. The van der Waals surface area contributed by atoms with Crippen molar-refractivity contribution in [3.05, 3.63) is 78.1 Å². The van der Waals surface area contributed by atoms with Gasteiger partial charge in [0.05, 0.1) is 34.0 Å². The lowest BCUT2D eigenvalue weighted by atomic mass is 10.2. The van der Waals surface area contributed by atoms with Gasteiger partial charge in [-0.15, -0.1) is 0 Å².